The SMILES string of the molecule is CCCCCCCCCCCC(N)C(CCO)CCO.Cl. The van der Waals surface area contributed by atoms with Gasteiger partial charge >= 0.3 is 0 Å². The third-order valence-electron chi connectivity index (χ3n) is 4.25. The maximum atomic E-state index is 9.01. The molecule has 0 heterocycles. The lowest BCUT2D eigenvalue weighted by atomic mass is 9.90. The first-order valence-electron chi connectivity index (χ1n) is 8.73. The van der Waals surface area contributed by atoms with Gasteiger partial charge in [-0.3, -0.25) is 0 Å². The van der Waals surface area contributed by atoms with Crippen LogP contribution >= 0.6 is 12.4 Å². The number of aliphatic hydroxyl groups is 2. The van der Waals surface area contributed by atoms with Gasteiger partial charge in [0.05, 0.1) is 0 Å². The van der Waals surface area contributed by atoms with Crippen molar-refractivity contribution in [1.82, 2.24) is 0 Å². The molecule has 0 aliphatic rings. The van der Waals surface area contributed by atoms with Gasteiger partial charge in [-0.15, -0.1) is 12.4 Å². The van der Waals surface area contributed by atoms with Crippen LogP contribution in [-0.4, -0.2) is 29.5 Å². The summed E-state index contributed by atoms with van der Waals surface area (Å²) < 4.78 is 0. The van der Waals surface area contributed by atoms with Gasteiger partial charge in [0.15, 0.2) is 0 Å². The molecule has 0 spiro atoms. The summed E-state index contributed by atoms with van der Waals surface area (Å²) >= 11 is 0. The molecule has 0 amide bonds. The number of aliphatic hydroxyl groups excluding tert-OH is 2. The van der Waals surface area contributed by atoms with Gasteiger partial charge in [-0.1, -0.05) is 64.7 Å². The maximum Gasteiger partial charge on any atom is 0.0434 e. The van der Waals surface area contributed by atoms with Crippen LogP contribution < -0.4 is 5.73 Å². The molecular formula is C17H38ClNO2. The van der Waals surface area contributed by atoms with E-state index in [-0.39, 0.29) is 37.6 Å². The van der Waals surface area contributed by atoms with Crippen LogP contribution in [0.4, 0.5) is 0 Å². The zero-order valence-corrected chi connectivity index (χ0v) is 14.8. The summed E-state index contributed by atoms with van der Waals surface area (Å²) in [5, 5.41) is 18.0. The van der Waals surface area contributed by atoms with Gasteiger partial charge in [0.25, 0.3) is 0 Å². The fourth-order valence-electron chi connectivity index (χ4n) is 2.83. The van der Waals surface area contributed by atoms with Crippen LogP contribution in [-0.2, 0) is 0 Å². The summed E-state index contributed by atoms with van der Waals surface area (Å²) in [4.78, 5) is 0. The Kier molecular flexibility index (Phi) is 20.3. The maximum absolute atomic E-state index is 9.01. The van der Waals surface area contributed by atoms with E-state index in [0.29, 0.717) is 0 Å². The second-order valence-electron chi connectivity index (χ2n) is 6.07. The molecule has 0 aromatic heterocycles. The van der Waals surface area contributed by atoms with Crippen LogP contribution in [0.15, 0.2) is 0 Å². The Morgan fingerprint density at radius 3 is 1.57 bits per heavy atom. The highest BCUT2D eigenvalue weighted by Gasteiger charge is 2.16. The van der Waals surface area contributed by atoms with E-state index in [4.69, 9.17) is 15.9 Å². The topological polar surface area (TPSA) is 66.5 Å². The van der Waals surface area contributed by atoms with Gasteiger partial charge in [0.2, 0.25) is 0 Å². The molecule has 0 fully saturated rings. The number of rotatable bonds is 15. The third-order valence-corrected chi connectivity index (χ3v) is 4.25. The monoisotopic (exact) mass is 323 g/mol. The van der Waals surface area contributed by atoms with Crippen molar-refractivity contribution >= 4 is 12.4 Å². The minimum atomic E-state index is 0. The summed E-state index contributed by atoms with van der Waals surface area (Å²) in [6, 6.07) is 0.138. The largest absolute Gasteiger partial charge is 0.396 e. The van der Waals surface area contributed by atoms with Gasteiger partial charge in [0, 0.05) is 19.3 Å². The van der Waals surface area contributed by atoms with Gasteiger partial charge in [-0.25, -0.2) is 0 Å². The Bertz CT molecular complexity index is 188. The molecule has 0 saturated heterocycles. The quantitative estimate of drug-likeness (QED) is 0.398. The first kappa shape index (κ1) is 23.4. The van der Waals surface area contributed by atoms with Crippen LogP contribution in [0.5, 0.6) is 0 Å². The first-order chi connectivity index (χ1) is 9.76. The Hall–Kier alpha value is 0.170. The summed E-state index contributed by atoms with van der Waals surface area (Å²) in [7, 11) is 0. The molecule has 0 rings (SSSR count). The standard InChI is InChI=1S/C17H37NO2.ClH/c1-2-3-4-5-6-7-8-9-10-11-17(18)16(12-14-19)13-15-20;/h16-17,19-20H,2-15,18H2,1H3;1H. The minimum absolute atomic E-state index is 0. The van der Waals surface area contributed by atoms with E-state index in [2.05, 4.69) is 6.92 Å². The number of unbranched alkanes of at least 4 members (excludes halogenated alkanes) is 8. The van der Waals surface area contributed by atoms with E-state index in [1.165, 1.54) is 57.8 Å². The van der Waals surface area contributed by atoms with Crippen LogP contribution in [0, 0.1) is 5.92 Å². The van der Waals surface area contributed by atoms with E-state index in [0.717, 1.165) is 19.3 Å². The number of halogens is 1. The number of hydrogen-bond acceptors (Lipinski definition) is 3. The van der Waals surface area contributed by atoms with E-state index in [1.54, 1.807) is 0 Å². The number of nitrogens with two attached hydrogens (primary N) is 1. The van der Waals surface area contributed by atoms with Gasteiger partial charge < -0.3 is 15.9 Å². The molecule has 0 radical (unpaired) electrons. The predicted octanol–water partition coefficient (Wildman–Crippen LogP) is 4.04. The van der Waals surface area contributed by atoms with E-state index < -0.39 is 0 Å². The summed E-state index contributed by atoms with van der Waals surface area (Å²) in [6.45, 7) is 2.61. The average Bonchev–Trinajstić information content (AvgIpc) is 2.45. The van der Waals surface area contributed by atoms with Crippen LogP contribution in [0.2, 0.25) is 0 Å². The van der Waals surface area contributed by atoms with Crippen molar-refractivity contribution in [2.45, 2.75) is 90.0 Å². The molecule has 3 nitrogen and oxygen atoms in total. The van der Waals surface area contributed by atoms with Crippen molar-refractivity contribution in [1.29, 1.82) is 0 Å². The van der Waals surface area contributed by atoms with Crippen LogP contribution in [0.3, 0.4) is 0 Å². The fourth-order valence-corrected chi connectivity index (χ4v) is 2.83. The molecule has 0 saturated carbocycles. The summed E-state index contributed by atoms with van der Waals surface area (Å²) in [5.41, 5.74) is 6.16. The smallest absolute Gasteiger partial charge is 0.0434 e. The summed E-state index contributed by atoms with van der Waals surface area (Å²) in [6.07, 6.45) is 14.5. The fraction of sp³-hybridized carbons (Fsp3) is 1.00. The lowest BCUT2D eigenvalue weighted by Crippen LogP contribution is -2.31. The Labute approximate surface area is 138 Å². The van der Waals surface area contributed by atoms with Gasteiger partial charge in [-0.05, 0) is 25.2 Å². The minimum Gasteiger partial charge on any atom is -0.396 e. The van der Waals surface area contributed by atoms with Crippen molar-refractivity contribution < 1.29 is 10.2 Å². The molecule has 0 aromatic rings. The molecule has 21 heavy (non-hydrogen) atoms. The molecule has 0 bridgehead atoms. The molecule has 0 aliphatic carbocycles. The van der Waals surface area contributed by atoms with Crippen molar-refractivity contribution in [3.05, 3.63) is 0 Å². The Morgan fingerprint density at radius 1 is 0.714 bits per heavy atom. The average molecular weight is 324 g/mol. The third kappa shape index (κ3) is 14.9. The van der Waals surface area contributed by atoms with Crippen molar-refractivity contribution in [2.24, 2.45) is 11.7 Å². The molecule has 0 aromatic carbocycles. The highest BCUT2D eigenvalue weighted by atomic mass is 35.5. The molecule has 4 heteroatoms. The Balaban J connectivity index is 0. The van der Waals surface area contributed by atoms with Crippen molar-refractivity contribution in [3.63, 3.8) is 0 Å². The van der Waals surface area contributed by atoms with Crippen LogP contribution in [0.25, 0.3) is 0 Å². The predicted molar refractivity (Wildman–Crippen MR) is 94.0 cm³/mol. The van der Waals surface area contributed by atoms with E-state index in [9.17, 15) is 0 Å². The Morgan fingerprint density at radius 2 is 1.14 bits per heavy atom. The molecule has 130 valence electrons. The molecule has 1 atom stereocenters. The van der Waals surface area contributed by atoms with Crippen molar-refractivity contribution in [3.8, 4) is 0 Å². The van der Waals surface area contributed by atoms with E-state index >= 15 is 0 Å². The van der Waals surface area contributed by atoms with E-state index in [1.807, 2.05) is 0 Å². The van der Waals surface area contributed by atoms with Gasteiger partial charge in [-0.2, -0.15) is 0 Å². The lowest BCUT2D eigenvalue weighted by molar-refractivity contribution is 0.195. The molecule has 0 aliphatic heterocycles. The zero-order chi connectivity index (χ0) is 15.1. The molecular weight excluding hydrogens is 286 g/mol. The van der Waals surface area contributed by atoms with Crippen LogP contribution in [0.1, 0.15) is 84.0 Å². The number of hydrogen-bond donors (Lipinski definition) is 3. The zero-order valence-electron chi connectivity index (χ0n) is 13.9. The summed E-state index contributed by atoms with van der Waals surface area (Å²) in [5.74, 6) is 0.277. The second kappa shape index (κ2) is 18.2. The second-order valence-corrected chi connectivity index (χ2v) is 6.07. The molecule has 4 N–H and O–H groups in total. The molecule has 1 unspecified atom stereocenters. The first-order valence-corrected chi connectivity index (χ1v) is 8.73. The van der Waals surface area contributed by atoms with Gasteiger partial charge in [0.1, 0.15) is 0 Å². The van der Waals surface area contributed by atoms with Crippen molar-refractivity contribution in [2.75, 3.05) is 13.2 Å². The highest BCUT2D eigenvalue weighted by Crippen LogP contribution is 2.17. The normalized spacial score (nSPS) is 12.4. The highest BCUT2D eigenvalue weighted by molar-refractivity contribution is 5.85. The lowest BCUT2D eigenvalue weighted by Gasteiger charge is -2.22.